The number of anilines is 1. The van der Waals surface area contributed by atoms with Gasteiger partial charge in [0.25, 0.3) is 0 Å². The molecule has 4 heterocycles. The predicted molar refractivity (Wildman–Crippen MR) is 122 cm³/mol. The van der Waals surface area contributed by atoms with Crippen molar-refractivity contribution >= 4 is 22.8 Å². The van der Waals surface area contributed by atoms with Crippen LogP contribution in [0.2, 0.25) is 0 Å². The molecule has 1 aliphatic heterocycles. The highest BCUT2D eigenvalue weighted by Crippen LogP contribution is 2.35. The van der Waals surface area contributed by atoms with Gasteiger partial charge in [-0.15, -0.1) is 0 Å². The summed E-state index contributed by atoms with van der Waals surface area (Å²) >= 11 is 0. The maximum atomic E-state index is 13.1. The van der Waals surface area contributed by atoms with Crippen LogP contribution in [0.1, 0.15) is 5.56 Å². The van der Waals surface area contributed by atoms with Crippen molar-refractivity contribution < 1.29 is 14.3 Å². The van der Waals surface area contributed by atoms with E-state index in [9.17, 15) is 4.79 Å². The summed E-state index contributed by atoms with van der Waals surface area (Å²) in [6.07, 6.45) is 5.46. The SMILES string of the molecule is COc1cccc(CN2CCN(c3ccc(-c4cncc5[nH]ccc45)c(OC)n3)C2=O)c1. The summed E-state index contributed by atoms with van der Waals surface area (Å²) in [5, 5.41) is 1.04. The van der Waals surface area contributed by atoms with Crippen LogP contribution in [0.4, 0.5) is 10.6 Å². The smallest absolute Gasteiger partial charge is 0.326 e. The number of carbonyl (C=O) groups is 1. The summed E-state index contributed by atoms with van der Waals surface area (Å²) in [6, 6.07) is 13.5. The second-order valence-electron chi connectivity index (χ2n) is 7.56. The molecule has 0 radical (unpaired) electrons. The van der Waals surface area contributed by atoms with Crippen LogP contribution < -0.4 is 14.4 Å². The lowest BCUT2D eigenvalue weighted by atomic mass is 10.1. The van der Waals surface area contributed by atoms with E-state index >= 15 is 0 Å². The molecule has 1 fully saturated rings. The van der Waals surface area contributed by atoms with E-state index in [1.807, 2.05) is 48.7 Å². The Bertz CT molecular complexity index is 1290. The van der Waals surface area contributed by atoms with Crippen molar-refractivity contribution in [1.29, 1.82) is 0 Å². The first kappa shape index (κ1) is 19.9. The third kappa shape index (κ3) is 3.49. The molecule has 0 atom stereocenters. The topological polar surface area (TPSA) is 83.6 Å². The number of nitrogens with one attached hydrogen (secondary N) is 1. The number of carbonyl (C=O) groups excluding carboxylic acids is 1. The largest absolute Gasteiger partial charge is 0.497 e. The Morgan fingerprint density at radius 3 is 2.78 bits per heavy atom. The number of amides is 2. The van der Waals surface area contributed by atoms with Crippen molar-refractivity contribution in [3.8, 4) is 22.8 Å². The molecule has 0 spiro atoms. The Morgan fingerprint density at radius 2 is 1.94 bits per heavy atom. The van der Waals surface area contributed by atoms with Gasteiger partial charge in [-0.05, 0) is 35.9 Å². The zero-order valence-electron chi connectivity index (χ0n) is 17.9. The number of fused-ring (bicyclic) bond motifs is 1. The fraction of sp³-hybridized carbons (Fsp3) is 0.208. The van der Waals surface area contributed by atoms with E-state index in [4.69, 9.17) is 9.47 Å². The predicted octanol–water partition coefficient (Wildman–Crippen LogP) is 4.08. The number of hydrogen-bond acceptors (Lipinski definition) is 5. The molecule has 0 bridgehead atoms. The minimum Gasteiger partial charge on any atom is -0.497 e. The molecule has 2 amide bonds. The van der Waals surface area contributed by atoms with Gasteiger partial charge in [-0.2, -0.15) is 4.98 Å². The van der Waals surface area contributed by atoms with Gasteiger partial charge >= 0.3 is 6.03 Å². The Morgan fingerprint density at radius 1 is 1.03 bits per heavy atom. The maximum Gasteiger partial charge on any atom is 0.326 e. The summed E-state index contributed by atoms with van der Waals surface area (Å²) in [5.74, 6) is 1.80. The average molecular weight is 429 g/mol. The lowest BCUT2D eigenvalue weighted by Crippen LogP contribution is -2.32. The van der Waals surface area contributed by atoms with Crippen molar-refractivity contribution in [2.45, 2.75) is 6.54 Å². The molecule has 5 rings (SSSR count). The molecule has 162 valence electrons. The molecule has 4 aromatic rings. The molecular weight excluding hydrogens is 406 g/mol. The summed E-state index contributed by atoms with van der Waals surface area (Å²) in [6.45, 7) is 1.70. The van der Waals surface area contributed by atoms with Crippen molar-refractivity contribution in [3.05, 3.63) is 66.6 Å². The number of ether oxygens (including phenoxy) is 2. The van der Waals surface area contributed by atoms with E-state index in [1.165, 1.54) is 0 Å². The van der Waals surface area contributed by atoms with Gasteiger partial charge in [0.05, 0.1) is 25.9 Å². The fourth-order valence-electron chi connectivity index (χ4n) is 4.07. The number of hydrogen-bond donors (Lipinski definition) is 1. The van der Waals surface area contributed by atoms with Gasteiger partial charge in [0.15, 0.2) is 0 Å². The van der Waals surface area contributed by atoms with E-state index in [2.05, 4.69) is 15.0 Å². The summed E-state index contributed by atoms with van der Waals surface area (Å²) in [5.41, 5.74) is 3.71. The van der Waals surface area contributed by atoms with Crippen LogP contribution in [0.15, 0.2) is 61.1 Å². The molecular formula is C24H23N5O3. The molecule has 0 aliphatic carbocycles. The van der Waals surface area contributed by atoms with Crippen LogP contribution in [-0.4, -0.2) is 53.2 Å². The van der Waals surface area contributed by atoms with Crippen LogP contribution >= 0.6 is 0 Å². The van der Waals surface area contributed by atoms with Gasteiger partial charge in [-0.25, -0.2) is 4.79 Å². The maximum absolute atomic E-state index is 13.1. The zero-order chi connectivity index (χ0) is 22.1. The highest BCUT2D eigenvalue weighted by atomic mass is 16.5. The van der Waals surface area contributed by atoms with Crippen LogP contribution in [0.3, 0.4) is 0 Å². The van der Waals surface area contributed by atoms with E-state index < -0.39 is 0 Å². The van der Waals surface area contributed by atoms with Gasteiger partial charge < -0.3 is 19.4 Å². The van der Waals surface area contributed by atoms with Gasteiger partial charge in [0.1, 0.15) is 11.6 Å². The minimum atomic E-state index is -0.0791. The number of H-pyrrole nitrogens is 1. The second kappa shape index (κ2) is 8.22. The van der Waals surface area contributed by atoms with Crippen LogP contribution in [0.25, 0.3) is 22.0 Å². The highest BCUT2D eigenvalue weighted by Gasteiger charge is 2.31. The first-order valence-electron chi connectivity index (χ1n) is 10.3. The van der Waals surface area contributed by atoms with Crippen LogP contribution in [0, 0.1) is 0 Å². The second-order valence-corrected chi connectivity index (χ2v) is 7.56. The molecule has 3 aromatic heterocycles. The Labute approximate surface area is 185 Å². The van der Waals surface area contributed by atoms with Crippen LogP contribution in [-0.2, 0) is 6.54 Å². The number of pyridine rings is 2. The fourth-order valence-corrected chi connectivity index (χ4v) is 4.07. The Balaban J connectivity index is 1.40. The standard InChI is InChI=1S/C24H23N5O3/c1-31-17-5-3-4-16(12-17)15-28-10-11-29(24(28)30)22-7-6-19(23(27-22)32-2)20-13-25-14-21-18(20)8-9-26-21/h3-9,12-14,26H,10-11,15H2,1-2H3. The Hall–Kier alpha value is -4.07. The third-order valence-electron chi connectivity index (χ3n) is 5.68. The van der Waals surface area contributed by atoms with Crippen molar-refractivity contribution in [2.24, 2.45) is 0 Å². The molecule has 1 N–H and O–H groups in total. The number of aromatic nitrogens is 3. The molecule has 0 unspecified atom stereocenters. The molecule has 32 heavy (non-hydrogen) atoms. The molecule has 1 aromatic carbocycles. The van der Waals surface area contributed by atoms with Crippen molar-refractivity contribution in [3.63, 3.8) is 0 Å². The first-order valence-corrected chi connectivity index (χ1v) is 10.3. The van der Waals surface area contributed by atoms with E-state index in [0.717, 1.165) is 33.3 Å². The molecule has 8 nitrogen and oxygen atoms in total. The van der Waals surface area contributed by atoms with Gasteiger partial charge in [0.2, 0.25) is 5.88 Å². The third-order valence-corrected chi connectivity index (χ3v) is 5.68. The summed E-state index contributed by atoms with van der Waals surface area (Å²) in [4.78, 5) is 28.7. The van der Waals surface area contributed by atoms with E-state index in [-0.39, 0.29) is 6.03 Å². The highest BCUT2D eigenvalue weighted by molar-refractivity contribution is 5.97. The van der Waals surface area contributed by atoms with Crippen molar-refractivity contribution in [2.75, 3.05) is 32.2 Å². The summed E-state index contributed by atoms with van der Waals surface area (Å²) in [7, 11) is 3.22. The molecule has 1 aliphatic rings. The molecule has 0 saturated carbocycles. The minimum absolute atomic E-state index is 0.0791. The van der Waals surface area contributed by atoms with Gasteiger partial charge in [0, 0.05) is 48.5 Å². The number of methoxy groups -OCH3 is 2. The van der Waals surface area contributed by atoms with E-state index in [0.29, 0.717) is 31.3 Å². The summed E-state index contributed by atoms with van der Waals surface area (Å²) < 4.78 is 10.9. The zero-order valence-corrected chi connectivity index (χ0v) is 17.9. The van der Waals surface area contributed by atoms with Crippen LogP contribution in [0.5, 0.6) is 11.6 Å². The quantitative estimate of drug-likeness (QED) is 0.499. The van der Waals surface area contributed by atoms with Gasteiger partial charge in [-0.3, -0.25) is 9.88 Å². The average Bonchev–Trinajstić information content (AvgIpc) is 3.46. The normalized spacial score (nSPS) is 13.8. The number of rotatable bonds is 6. The lowest BCUT2D eigenvalue weighted by molar-refractivity contribution is 0.218. The first-order chi connectivity index (χ1) is 15.7. The lowest BCUT2D eigenvalue weighted by Gasteiger charge is -2.19. The number of urea groups is 1. The Kier molecular flexibility index (Phi) is 5.10. The number of aromatic amines is 1. The number of benzene rings is 1. The van der Waals surface area contributed by atoms with E-state index in [1.54, 1.807) is 36.4 Å². The molecule has 1 saturated heterocycles. The van der Waals surface area contributed by atoms with Gasteiger partial charge in [-0.1, -0.05) is 12.1 Å². The van der Waals surface area contributed by atoms with Crippen molar-refractivity contribution in [1.82, 2.24) is 19.9 Å². The number of nitrogens with zero attached hydrogens (tertiary/aromatic N) is 4. The monoisotopic (exact) mass is 429 g/mol. The molecule has 8 heteroatoms.